The third-order valence-electron chi connectivity index (χ3n) is 3.92. The molecule has 6 heteroatoms. The number of piperidine rings is 1. The van der Waals surface area contributed by atoms with Crippen molar-refractivity contribution in [3.8, 4) is 6.07 Å². The molecule has 1 unspecified atom stereocenters. The molecule has 1 fully saturated rings. The third-order valence-corrected chi connectivity index (χ3v) is 5.23. The van der Waals surface area contributed by atoms with Gasteiger partial charge in [-0.3, -0.25) is 0 Å². The molecule has 0 saturated carbocycles. The van der Waals surface area contributed by atoms with E-state index in [-0.39, 0.29) is 6.04 Å². The van der Waals surface area contributed by atoms with Crippen LogP contribution in [0.3, 0.4) is 0 Å². The smallest absolute Gasteiger partial charge is 0.211 e. The Morgan fingerprint density at radius 1 is 1.38 bits per heavy atom. The first-order valence-corrected chi connectivity index (χ1v) is 8.96. The van der Waals surface area contributed by atoms with Crippen LogP contribution in [0.1, 0.15) is 36.9 Å². The molecule has 0 amide bonds. The number of sulfonamides is 1. The van der Waals surface area contributed by atoms with Gasteiger partial charge in [0, 0.05) is 25.2 Å². The van der Waals surface area contributed by atoms with Crippen molar-refractivity contribution in [3.63, 3.8) is 0 Å². The molecule has 0 bridgehead atoms. The van der Waals surface area contributed by atoms with Gasteiger partial charge in [0.1, 0.15) is 0 Å². The molecule has 2 rings (SSSR count). The number of rotatable bonds is 4. The standard InChI is InChI=1S/C15H21N3O2S/c1-12(14-5-3-4-13(10-14)11-16)17-15-6-8-18(9-7-15)21(2,19)20/h3-5,10,12,15,17H,6-9H2,1-2H3. The maximum absolute atomic E-state index is 11.5. The zero-order chi connectivity index (χ0) is 15.5. The molecule has 1 aliphatic rings. The second-order valence-corrected chi connectivity index (χ2v) is 7.54. The van der Waals surface area contributed by atoms with Crippen LogP contribution >= 0.6 is 0 Å². The lowest BCUT2D eigenvalue weighted by Crippen LogP contribution is -2.45. The first kappa shape index (κ1) is 16.0. The van der Waals surface area contributed by atoms with Crippen molar-refractivity contribution in [1.82, 2.24) is 9.62 Å². The highest BCUT2D eigenvalue weighted by molar-refractivity contribution is 7.88. The summed E-state index contributed by atoms with van der Waals surface area (Å²) >= 11 is 0. The van der Waals surface area contributed by atoms with Gasteiger partial charge in [-0.25, -0.2) is 12.7 Å². The molecular formula is C15H21N3O2S. The molecule has 1 aromatic carbocycles. The summed E-state index contributed by atoms with van der Waals surface area (Å²) in [6.45, 7) is 3.21. The van der Waals surface area contributed by atoms with Crippen molar-refractivity contribution >= 4 is 10.0 Å². The van der Waals surface area contributed by atoms with Gasteiger partial charge >= 0.3 is 0 Å². The first-order valence-electron chi connectivity index (χ1n) is 7.11. The molecule has 21 heavy (non-hydrogen) atoms. The van der Waals surface area contributed by atoms with Crippen LogP contribution in [0.4, 0.5) is 0 Å². The maximum Gasteiger partial charge on any atom is 0.211 e. The van der Waals surface area contributed by atoms with Crippen molar-refractivity contribution in [1.29, 1.82) is 5.26 Å². The van der Waals surface area contributed by atoms with Gasteiger partial charge in [-0.2, -0.15) is 5.26 Å². The minimum atomic E-state index is -3.07. The van der Waals surface area contributed by atoms with Crippen molar-refractivity contribution in [2.45, 2.75) is 31.8 Å². The van der Waals surface area contributed by atoms with Crippen LogP contribution < -0.4 is 5.32 Å². The van der Waals surface area contributed by atoms with Gasteiger partial charge in [-0.15, -0.1) is 0 Å². The highest BCUT2D eigenvalue weighted by Gasteiger charge is 2.25. The molecule has 1 heterocycles. The summed E-state index contributed by atoms with van der Waals surface area (Å²) in [5, 5.41) is 12.5. The number of hydrogen-bond donors (Lipinski definition) is 1. The number of nitrogens with one attached hydrogen (secondary N) is 1. The Hall–Kier alpha value is -1.42. The highest BCUT2D eigenvalue weighted by Crippen LogP contribution is 2.19. The van der Waals surface area contributed by atoms with Crippen LogP contribution in [0, 0.1) is 11.3 Å². The van der Waals surface area contributed by atoms with E-state index in [0.29, 0.717) is 24.7 Å². The van der Waals surface area contributed by atoms with E-state index in [1.54, 1.807) is 6.07 Å². The van der Waals surface area contributed by atoms with E-state index >= 15 is 0 Å². The fraction of sp³-hybridized carbons (Fsp3) is 0.533. The largest absolute Gasteiger partial charge is 0.307 e. The normalized spacial score (nSPS) is 19.1. The van der Waals surface area contributed by atoms with E-state index < -0.39 is 10.0 Å². The average Bonchev–Trinajstić information content (AvgIpc) is 2.47. The Labute approximate surface area is 126 Å². The van der Waals surface area contributed by atoms with Crippen LogP contribution in [0.5, 0.6) is 0 Å². The summed E-state index contributed by atoms with van der Waals surface area (Å²) in [6.07, 6.45) is 2.89. The molecule has 0 radical (unpaired) electrons. The van der Waals surface area contributed by atoms with Crippen LogP contribution in [0.15, 0.2) is 24.3 Å². The van der Waals surface area contributed by atoms with E-state index in [1.807, 2.05) is 18.2 Å². The molecule has 0 aliphatic carbocycles. The molecule has 1 atom stereocenters. The van der Waals surface area contributed by atoms with Crippen molar-refractivity contribution in [2.75, 3.05) is 19.3 Å². The van der Waals surface area contributed by atoms with Gasteiger partial charge in [-0.1, -0.05) is 12.1 Å². The monoisotopic (exact) mass is 307 g/mol. The molecule has 0 aromatic heterocycles. The van der Waals surface area contributed by atoms with E-state index in [1.165, 1.54) is 10.6 Å². The van der Waals surface area contributed by atoms with E-state index in [0.717, 1.165) is 18.4 Å². The van der Waals surface area contributed by atoms with Crippen molar-refractivity contribution in [3.05, 3.63) is 35.4 Å². The van der Waals surface area contributed by atoms with E-state index in [2.05, 4.69) is 18.3 Å². The van der Waals surface area contributed by atoms with E-state index in [9.17, 15) is 8.42 Å². The summed E-state index contributed by atoms with van der Waals surface area (Å²) in [5.41, 5.74) is 1.74. The third kappa shape index (κ3) is 4.27. The molecule has 1 aliphatic heterocycles. The predicted molar refractivity (Wildman–Crippen MR) is 82.1 cm³/mol. The molecule has 1 aromatic rings. The minimum Gasteiger partial charge on any atom is -0.307 e. The molecule has 0 spiro atoms. The Morgan fingerprint density at radius 2 is 2.05 bits per heavy atom. The molecule has 1 saturated heterocycles. The Bertz CT molecular complexity index is 629. The molecule has 114 valence electrons. The number of nitrogens with zero attached hydrogens (tertiary/aromatic N) is 2. The summed E-state index contributed by atoms with van der Waals surface area (Å²) < 4.78 is 24.5. The minimum absolute atomic E-state index is 0.146. The van der Waals surface area contributed by atoms with Crippen LogP contribution in [0.2, 0.25) is 0 Å². The maximum atomic E-state index is 11.5. The van der Waals surface area contributed by atoms with Crippen molar-refractivity contribution < 1.29 is 8.42 Å². The summed E-state index contributed by atoms with van der Waals surface area (Å²) in [5.74, 6) is 0. The lowest BCUT2D eigenvalue weighted by atomic mass is 10.0. The van der Waals surface area contributed by atoms with E-state index in [4.69, 9.17) is 5.26 Å². The van der Waals surface area contributed by atoms with Gasteiger partial charge in [0.25, 0.3) is 0 Å². The number of nitriles is 1. The van der Waals surface area contributed by atoms with Gasteiger partial charge in [0.15, 0.2) is 0 Å². The highest BCUT2D eigenvalue weighted by atomic mass is 32.2. The van der Waals surface area contributed by atoms with Gasteiger partial charge in [-0.05, 0) is 37.5 Å². The SMILES string of the molecule is CC(NC1CCN(S(C)(=O)=O)CC1)c1cccc(C#N)c1. The molecule has 1 N–H and O–H groups in total. The number of hydrogen-bond acceptors (Lipinski definition) is 4. The molecular weight excluding hydrogens is 286 g/mol. The average molecular weight is 307 g/mol. The zero-order valence-corrected chi connectivity index (χ0v) is 13.2. The van der Waals surface area contributed by atoms with Crippen molar-refractivity contribution in [2.24, 2.45) is 0 Å². The Kier molecular flexibility index (Phi) is 4.99. The lowest BCUT2D eigenvalue weighted by Gasteiger charge is -2.32. The Balaban J connectivity index is 1.93. The quantitative estimate of drug-likeness (QED) is 0.917. The lowest BCUT2D eigenvalue weighted by molar-refractivity contribution is 0.278. The molecule has 5 nitrogen and oxygen atoms in total. The summed E-state index contributed by atoms with van der Waals surface area (Å²) in [4.78, 5) is 0. The summed E-state index contributed by atoms with van der Waals surface area (Å²) in [7, 11) is -3.07. The zero-order valence-electron chi connectivity index (χ0n) is 12.4. The summed E-state index contributed by atoms with van der Waals surface area (Å²) in [6, 6.07) is 10.2. The van der Waals surface area contributed by atoms with Crippen LogP contribution in [0.25, 0.3) is 0 Å². The van der Waals surface area contributed by atoms with Crippen LogP contribution in [-0.2, 0) is 10.0 Å². The van der Waals surface area contributed by atoms with Gasteiger partial charge in [0.2, 0.25) is 10.0 Å². The van der Waals surface area contributed by atoms with Gasteiger partial charge in [0.05, 0.1) is 17.9 Å². The second-order valence-electron chi connectivity index (χ2n) is 5.56. The van der Waals surface area contributed by atoms with Gasteiger partial charge < -0.3 is 5.32 Å². The Morgan fingerprint density at radius 3 is 2.62 bits per heavy atom. The number of benzene rings is 1. The topological polar surface area (TPSA) is 73.2 Å². The second kappa shape index (κ2) is 6.56. The fourth-order valence-electron chi connectivity index (χ4n) is 2.68. The first-order chi connectivity index (χ1) is 9.90. The fourth-order valence-corrected chi connectivity index (χ4v) is 3.56. The van der Waals surface area contributed by atoms with Crippen LogP contribution in [-0.4, -0.2) is 38.1 Å². The predicted octanol–water partition coefficient (Wildman–Crippen LogP) is 1.63.